The van der Waals surface area contributed by atoms with Crippen molar-refractivity contribution in [2.45, 2.75) is 38.8 Å². The predicted octanol–water partition coefficient (Wildman–Crippen LogP) is 1.74. The van der Waals surface area contributed by atoms with Gasteiger partial charge in [0.2, 0.25) is 11.8 Å². The molecule has 0 spiro atoms. The third-order valence-corrected chi connectivity index (χ3v) is 4.05. The highest BCUT2D eigenvalue weighted by atomic mass is 16.2. The Morgan fingerprint density at radius 2 is 2.05 bits per heavy atom. The van der Waals surface area contributed by atoms with Gasteiger partial charge in [-0.3, -0.25) is 9.59 Å². The number of amides is 2. The Morgan fingerprint density at radius 3 is 2.64 bits per heavy atom. The fraction of sp³-hybridized carbons (Fsp3) is 0.529. The zero-order valence-electron chi connectivity index (χ0n) is 13.8. The van der Waals surface area contributed by atoms with E-state index in [0.29, 0.717) is 6.42 Å². The van der Waals surface area contributed by atoms with Crippen molar-refractivity contribution in [1.82, 2.24) is 9.80 Å². The number of benzene rings is 1. The minimum Gasteiger partial charge on any atom is -0.373 e. The van der Waals surface area contributed by atoms with E-state index in [1.165, 1.54) is 0 Å². The zero-order chi connectivity index (χ0) is 16.3. The molecule has 1 N–H and O–H groups in total. The van der Waals surface area contributed by atoms with Crippen LogP contribution in [0.1, 0.15) is 25.8 Å². The summed E-state index contributed by atoms with van der Waals surface area (Å²) in [6.45, 7) is 4.85. The fourth-order valence-electron chi connectivity index (χ4n) is 2.67. The lowest BCUT2D eigenvalue weighted by molar-refractivity contribution is -0.129. The predicted molar refractivity (Wildman–Crippen MR) is 87.7 cm³/mol. The third-order valence-electron chi connectivity index (χ3n) is 4.05. The summed E-state index contributed by atoms with van der Waals surface area (Å²) in [6, 6.07) is 7.74. The average molecular weight is 303 g/mol. The second-order valence-corrected chi connectivity index (χ2v) is 6.23. The van der Waals surface area contributed by atoms with Crippen molar-refractivity contribution in [2.75, 3.05) is 26.0 Å². The highest BCUT2D eigenvalue weighted by Crippen LogP contribution is 2.22. The summed E-state index contributed by atoms with van der Waals surface area (Å²) in [7, 11) is 3.50. The van der Waals surface area contributed by atoms with Gasteiger partial charge in [-0.15, -0.1) is 0 Å². The van der Waals surface area contributed by atoms with Crippen molar-refractivity contribution >= 4 is 17.5 Å². The number of carbonyl (C=O) groups excluding carboxylic acids is 2. The van der Waals surface area contributed by atoms with E-state index in [2.05, 4.69) is 5.32 Å². The molecule has 1 atom stereocenters. The number of likely N-dealkylation sites (tertiary alicyclic amines) is 1. The van der Waals surface area contributed by atoms with Gasteiger partial charge in [-0.05, 0) is 31.9 Å². The summed E-state index contributed by atoms with van der Waals surface area (Å²) in [4.78, 5) is 27.8. The van der Waals surface area contributed by atoms with Gasteiger partial charge >= 0.3 is 0 Å². The van der Waals surface area contributed by atoms with Crippen LogP contribution in [0.5, 0.6) is 0 Å². The van der Waals surface area contributed by atoms with Gasteiger partial charge in [-0.1, -0.05) is 18.2 Å². The number of hydrogen-bond donors (Lipinski definition) is 1. The van der Waals surface area contributed by atoms with Gasteiger partial charge in [0.05, 0.1) is 6.42 Å². The van der Waals surface area contributed by atoms with Crippen LogP contribution in [0.4, 0.5) is 5.69 Å². The van der Waals surface area contributed by atoms with Crippen LogP contribution in [0.2, 0.25) is 0 Å². The maximum Gasteiger partial charge on any atom is 0.245 e. The first-order valence-corrected chi connectivity index (χ1v) is 7.75. The molecule has 1 aromatic carbocycles. The molecule has 5 nitrogen and oxygen atoms in total. The standard InChI is InChI=1S/C17H25N3O2/c1-12(2)20-10-9-15(17(20)22)18-14-8-6-5-7-13(14)11-16(21)19(3)4/h5-8,12,15,18H,9-11H2,1-4H3. The monoisotopic (exact) mass is 303 g/mol. The normalized spacial score (nSPS) is 18.0. The summed E-state index contributed by atoms with van der Waals surface area (Å²) in [6.07, 6.45) is 1.14. The molecule has 1 unspecified atom stereocenters. The molecule has 0 aromatic heterocycles. The molecule has 0 radical (unpaired) electrons. The lowest BCUT2D eigenvalue weighted by atomic mass is 10.1. The number of hydrogen-bond acceptors (Lipinski definition) is 3. The average Bonchev–Trinajstić information content (AvgIpc) is 2.82. The van der Waals surface area contributed by atoms with Crippen molar-refractivity contribution in [2.24, 2.45) is 0 Å². The van der Waals surface area contributed by atoms with E-state index in [9.17, 15) is 9.59 Å². The molecule has 1 aliphatic rings. The van der Waals surface area contributed by atoms with Gasteiger partial charge in [0.1, 0.15) is 6.04 Å². The first-order valence-electron chi connectivity index (χ1n) is 7.75. The first kappa shape index (κ1) is 16.3. The molecule has 0 saturated carbocycles. The third kappa shape index (κ3) is 3.59. The van der Waals surface area contributed by atoms with Gasteiger partial charge in [0, 0.05) is 32.4 Å². The van der Waals surface area contributed by atoms with Crippen LogP contribution in [0.25, 0.3) is 0 Å². The Balaban J connectivity index is 2.11. The Kier molecular flexibility index (Phi) is 5.06. The van der Waals surface area contributed by atoms with Crippen molar-refractivity contribution in [3.8, 4) is 0 Å². The summed E-state index contributed by atoms with van der Waals surface area (Å²) in [5, 5.41) is 3.33. The van der Waals surface area contributed by atoms with Gasteiger partial charge in [0.15, 0.2) is 0 Å². The van der Waals surface area contributed by atoms with Crippen LogP contribution < -0.4 is 5.32 Å². The Morgan fingerprint density at radius 1 is 1.36 bits per heavy atom. The number of carbonyl (C=O) groups is 2. The number of nitrogens with zero attached hydrogens (tertiary/aromatic N) is 2. The second-order valence-electron chi connectivity index (χ2n) is 6.23. The summed E-state index contributed by atoms with van der Waals surface area (Å²) < 4.78 is 0. The van der Waals surface area contributed by atoms with Crippen molar-refractivity contribution < 1.29 is 9.59 Å². The molecule has 1 fully saturated rings. The van der Waals surface area contributed by atoms with Gasteiger partial charge in [0.25, 0.3) is 0 Å². The van der Waals surface area contributed by atoms with E-state index < -0.39 is 0 Å². The van der Waals surface area contributed by atoms with Crippen LogP contribution >= 0.6 is 0 Å². The fourth-order valence-corrected chi connectivity index (χ4v) is 2.67. The molecule has 120 valence electrons. The van der Waals surface area contributed by atoms with E-state index in [-0.39, 0.29) is 23.9 Å². The largest absolute Gasteiger partial charge is 0.373 e. The molecular weight excluding hydrogens is 278 g/mol. The molecule has 0 bridgehead atoms. The number of para-hydroxylation sites is 1. The van der Waals surface area contributed by atoms with Crippen LogP contribution in [-0.4, -0.2) is 54.3 Å². The quantitative estimate of drug-likeness (QED) is 0.901. The molecule has 1 saturated heterocycles. The Hall–Kier alpha value is -2.04. The molecule has 2 amide bonds. The van der Waals surface area contributed by atoms with E-state index in [1.807, 2.05) is 43.0 Å². The first-order chi connectivity index (χ1) is 10.4. The molecule has 0 aliphatic carbocycles. The smallest absolute Gasteiger partial charge is 0.245 e. The van der Waals surface area contributed by atoms with Crippen LogP contribution in [-0.2, 0) is 16.0 Å². The lowest BCUT2D eigenvalue weighted by Gasteiger charge is -2.22. The topological polar surface area (TPSA) is 52.7 Å². The van der Waals surface area contributed by atoms with E-state index >= 15 is 0 Å². The van der Waals surface area contributed by atoms with Crippen molar-refractivity contribution in [3.05, 3.63) is 29.8 Å². The molecule has 5 heteroatoms. The summed E-state index contributed by atoms with van der Waals surface area (Å²) >= 11 is 0. The van der Waals surface area contributed by atoms with Crippen LogP contribution in [0.15, 0.2) is 24.3 Å². The van der Waals surface area contributed by atoms with Gasteiger partial charge in [-0.2, -0.15) is 0 Å². The van der Waals surface area contributed by atoms with E-state index in [1.54, 1.807) is 19.0 Å². The van der Waals surface area contributed by atoms with Crippen molar-refractivity contribution in [3.63, 3.8) is 0 Å². The maximum atomic E-state index is 12.4. The molecule has 1 aromatic rings. The minimum absolute atomic E-state index is 0.0517. The summed E-state index contributed by atoms with van der Waals surface area (Å²) in [5.41, 5.74) is 1.80. The van der Waals surface area contributed by atoms with Gasteiger partial charge < -0.3 is 15.1 Å². The highest BCUT2D eigenvalue weighted by Gasteiger charge is 2.33. The molecule has 1 aliphatic heterocycles. The number of rotatable bonds is 5. The molecule has 2 rings (SSSR count). The van der Waals surface area contributed by atoms with Crippen LogP contribution in [0, 0.1) is 0 Å². The number of anilines is 1. The molecule has 22 heavy (non-hydrogen) atoms. The van der Waals surface area contributed by atoms with Crippen LogP contribution in [0.3, 0.4) is 0 Å². The summed E-state index contributed by atoms with van der Waals surface area (Å²) in [5.74, 6) is 0.194. The SMILES string of the molecule is CC(C)N1CCC(Nc2ccccc2CC(=O)N(C)C)C1=O. The second kappa shape index (κ2) is 6.81. The molecular formula is C17H25N3O2. The Bertz CT molecular complexity index is 555. The molecule has 1 heterocycles. The lowest BCUT2D eigenvalue weighted by Crippen LogP contribution is -2.37. The number of nitrogens with one attached hydrogen (secondary N) is 1. The number of likely N-dealkylation sites (N-methyl/N-ethyl adjacent to an activating group) is 1. The minimum atomic E-state index is -0.196. The maximum absolute atomic E-state index is 12.4. The van der Waals surface area contributed by atoms with E-state index in [4.69, 9.17) is 0 Å². The zero-order valence-corrected chi connectivity index (χ0v) is 13.8. The van der Waals surface area contributed by atoms with Gasteiger partial charge in [-0.25, -0.2) is 0 Å². The van der Waals surface area contributed by atoms with E-state index in [0.717, 1.165) is 24.2 Å². The highest BCUT2D eigenvalue weighted by molar-refractivity contribution is 5.87. The van der Waals surface area contributed by atoms with Crippen molar-refractivity contribution in [1.29, 1.82) is 0 Å². The Labute approximate surface area is 132 Å².